The number of ether oxygens (including phenoxy) is 1. The smallest absolute Gasteiger partial charge is 0.191 e. The van der Waals surface area contributed by atoms with Crippen LogP contribution in [0, 0.1) is 0 Å². The molecule has 0 heterocycles. The monoisotopic (exact) mass is 297 g/mol. The molecule has 2 N–H and O–H groups in total. The molecule has 0 aliphatic heterocycles. The van der Waals surface area contributed by atoms with E-state index in [9.17, 15) is 0 Å². The average molecular weight is 298 g/mol. The van der Waals surface area contributed by atoms with Crippen LogP contribution in [0.1, 0.15) is 19.4 Å². The molecule has 1 atom stereocenters. The van der Waals surface area contributed by atoms with Gasteiger partial charge in [0.1, 0.15) is 0 Å². The molecule has 0 saturated carbocycles. The van der Waals surface area contributed by atoms with Gasteiger partial charge in [0.15, 0.2) is 5.96 Å². The van der Waals surface area contributed by atoms with Gasteiger partial charge in [-0.2, -0.15) is 0 Å². The first-order chi connectivity index (χ1) is 9.65. The lowest BCUT2D eigenvalue weighted by Gasteiger charge is -2.16. The number of rotatable bonds is 7. The van der Waals surface area contributed by atoms with E-state index in [2.05, 4.69) is 35.5 Å². The third-order valence-electron chi connectivity index (χ3n) is 2.70. The van der Waals surface area contributed by atoms with E-state index in [4.69, 9.17) is 16.3 Å². The van der Waals surface area contributed by atoms with Gasteiger partial charge >= 0.3 is 0 Å². The van der Waals surface area contributed by atoms with E-state index >= 15 is 0 Å². The van der Waals surface area contributed by atoms with Gasteiger partial charge in [-0.25, -0.2) is 0 Å². The van der Waals surface area contributed by atoms with Gasteiger partial charge in [0.2, 0.25) is 0 Å². The van der Waals surface area contributed by atoms with Crippen molar-refractivity contribution in [1.82, 2.24) is 10.6 Å². The second-order valence-corrected chi connectivity index (χ2v) is 5.08. The summed E-state index contributed by atoms with van der Waals surface area (Å²) in [7, 11) is 1.70. The van der Waals surface area contributed by atoms with Crippen molar-refractivity contribution in [3.63, 3.8) is 0 Å². The molecule has 1 aromatic carbocycles. The van der Waals surface area contributed by atoms with Gasteiger partial charge in [0, 0.05) is 31.3 Å². The summed E-state index contributed by atoms with van der Waals surface area (Å²) in [6.07, 6.45) is 0.871. The maximum Gasteiger partial charge on any atom is 0.191 e. The molecule has 0 aromatic heterocycles. The molecule has 5 heteroatoms. The van der Waals surface area contributed by atoms with Gasteiger partial charge in [-0.1, -0.05) is 23.7 Å². The number of hydrogen-bond acceptors (Lipinski definition) is 2. The van der Waals surface area contributed by atoms with E-state index in [1.807, 2.05) is 18.2 Å². The number of nitrogens with zero attached hydrogens (tertiary/aromatic N) is 1. The van der Waals surface area contributed by atoms with Gasteiger partial charge in [0.05, 0.1) is 6.61 Å². The van der Waals surface area contributed by atoms with E-state index in [0.717, 1.165) is 30.5 Å². The summed E-state index contributed by atoms with van der Waals surface area (Å²) in [6, 6.07) is 8.11. The molecule has 0 bridgehead atoms. The van der Waals surface area contributed by atoms with E-state index in [1.54, 1.807) is 7.11 Å². The Balaban J connectivity index is 2.49. The van der Waals surface area contributed by atoms with Gasteiger partial charge in [-0.05, 0) is 38.0 Å². The molecule has 0 spiro atoms. The van der Waals surface area contributed by atoms with E-state index < -0.39 is 0 Å². The van der Waals surface area contributed by atoms with Gasteiger partial charge < -0.3 is 15.4 Å². The van der Waals surface area contributed by atoms with Crippen LogP contribution in [0.15, 0.2) is 29.3 Å². The first-order valence-corrected chi connectivity index (χ1v) is 7.31. The number of benzene rings is 1. The predicted molar refractivity (Wildman–Crippen MR) is 85.6 cm³/mol. The molecular weight excluding hydrogens is 274 g/mol. The summed E-state index contributed by atoms with van der Waals surface area (Å²) >= 11 is 5.97. The van der Waals surface area contributed by atoms with Crippen molar-refractivity contribution in [3.05, 3.63) is 34.9 Å². The van der Waals surface area contributed by atoms with Crippen molar-refractivity contribution in [2.75, 3.05) is 26.8 Å². The topological polar surface area (TPSA) is 45.7 Å². The second-order valence-electron chi connectivity index (χ2n) is 4.64. The zero-order chi connectivity index (χ0) is 14.8. The zero-order valence-electron chi connectivity index (χ0n) is 12.4. The third-order valence-corrected chi connectivity index (χ3v) is 2.94. The highest BCUT2D eigenvalue weighted by Gasteiger charge is 2.04. The molecule has 0 radical (unpaired) electrons. The summed E-state index contributed by atoms with van der Waals surface area (Å²) in [5.41, 5.74) is 1.20. The van der Waals surface area contributed by atoms with Crippen molar-refractivity contribution in [1.29, 1.82) is 0 Å². The fourth-order valence-electron chi connectivity index (χ4n) is 1.83. The highest BCUT2D eigenvalue weighted by Crippen LogP contribution is 2.10. The molecule has 1 aromatic rings. The molecule has 1 rings (SSSR count). The van der Waals surface area contributed by atoms with Crippen molar-refractivity contribution in [3.8, 4) is 0 Å². The Morgan fingerprint density at radius 3 is 2.90 bits per heavy atom. The first kappa shape index (κ1) is 16.8. The van der Waals surface area contributed by atoms with Gasteiger partial charge in [-0.15, -0.1) is 0 Å². The SMILES string of the molecule is CCNC(=NCCc1cccc(Cl)c1)NC(C)COC. The number of hydrogen-bond donors (Lipinski definition) is 2. The molecule has 1 unspecified atom stereocenters. The van der Waals surface area contributed by atoms with Crippen LogP contribution in [0.4, 0.5) is 0 Å². The Morgan fingerprint density at radius 2 is 2.25 bits per heavy atom. The quantitative estimate of drug-likeness (QED) is 0.600. The summed E-state index contributed by atoms with van der Waals surface area (Å²) in [5.74, 6) is 0.819. The molecule has 20 heavy (non-hydrogen) atoms. The Bertz CT molecular complexity index is 423. The standard InChI is InChI=1S/C15H24ClN3O/c1-4-17-15(19-12(2)11-20-3)18-9-8-13-6-5-7-14(16)10-13/h5-7,10,12H,4,8-9,11H2,1-3H3,(H2,17,18,19). The zero-order valence-corrected chi connectivity index (χ0v) is 13.2. The molecule has 112 valence electrons. The minimum Gasteiger partial charge on any atom is -0.383 e. The number of halogens is 1. The fraction of sp³-hybridized carbons (Fsp3) is 0.533. The lowest BCUT2D eigenvalue weighted by molar-refractivity contribution is 0.179. The molecule has 0 fully saturated rings. The molecule has 0 amide bonds. The fourth-order valence-corrected chi connectivity index (χ4v) is 2.05. The minimum atomic E-state index is 0.226. The summed E-state index contributed by atoms with van der Waals surface area (Å²) in [6.45, 7) is 6.32. The van der Waals surface area contributed by atoms with Crippen LogP contribution in [0.25, 0.3) is 0 Å². The van der Waals surface area contributed by atoms with Crippen LogP contribution in [-0.4, -0.2) is 38.8 Å². The molecule has 0 saturated heterocycles. The number of aliphatic imine (C=N–C) groups is 1. The second kappa shape index (κ2) is 9.61. The van der Waals surface area contributed by atoms with Crippen LogP contribution in [0.2, 0.25) is 5.02 Å². The third kappa shape index (κ3) is 6.78. The minimum absolute atomic E-state index is 0.226. The highest BCUT2D eigenvalue weighted by molar-refractivity contribution is 6.30. The Hall–Kier alpha value is -1.26. The van der Waals surface area contributed by atoms with Crippen LogP contribution in [0.3, 0.4) is 0 Å². The maximum absolute atomic E-state index is 5.97. The molecule has 4 nitrogen and oxygen atoms in total. The van der Waals surface area contributed by atoms with Gasteiger partial charge in [-0.3, -0.25) is 4.99 Å². The molecule has 0 aliphatic rings. The average Bonchev–Trinajstić information content (AvgIpc) is 2.39. The predicted octanol–water partition coefficient (Wildman–Crippen LogP) is 2.47. The highest BCUT2D eigenvalue weighted by atomic mass is 35.5. The summed E-state index contributed by atoms with van der Waals surface area (Å²) < 4.78 is 5.11. The van der Waals surface area contributed by atoms with Crippen LogP contribution in [-0.2, 0) is 11.2 Å². The lowest BCUT2D eigenvalue weighted by atomic mass is 10.1. The van der Waals surface area contributed by atoms with Crippen molar-refractivity contribution in [2.24, 2.45) is 4.99 Å². The summed E-state index contributed by atoms with van der Waals surface area (Å²) in [4.78, 5) is 4.56. The van der Waals surface area contributed by atoms with Crippen molar-refractivity contribution < 1.29 is 4.74 Å². The van der Waals surface area contributed by atoms with Crippen LogP contribution >= 0.6 is 11.6 Å². The number of methoxy groups -OCH3 is 1. The van der Waals surface area contributed by atoms with Crippen molar-refractivity contribution >= 4 is 17.6 Å². The van der Waals surface area contributed by atoms with Crippen LogP contribution in [0.5, 0.6) is 0 Å². The van der Waals surface area contributed by atoms with Crippen LogP contribution < -0.4 is 10.6 Å². The maximum atomic E-state index is 5.97. The van der Waals surface area contributed by atoms with E-state index in [-0.39, 0.29) is 6.04 Å². The first-order valence-electron chi connectivity index (χ1n) is 6.94. The normalized spacial score (nSPS) is 13.1. The Labute approximate surface area is 126 Å². The Kier molecular flexibility index (Phi) is 8.07. The number of nitrogens with one attached hydrogen (secondary N) is 2. The number of guanidine groups is 1. The van der Waals surface area contributed by atoms with Crippen molar-refractivity contribution in [2.45, 2.75) is 26.3 Å². The molecule has 0 aliphatic carbocycles. The van der Waals surface area contributed by atoms with Gasteiger partial charge in [0.25, 0.3) is 0 Å². The van der Waals surface area contributed by atoms with E-state index in [1.165, 1.54) is 5.56 Å². The largest absolute Gasteiger partial charge is 0.383 e. The lowest BCUT2D eigenvalue weighted by Crippen LogP contribution is -2.44. The Morgan fingerprint density at radius 1 is 1.45 bits per heavy atom. The molecular formula is C15H24ClN3O. The summed E-state index contributed by atoms with van der Waals surface area (Å²) in [5, 5.41) is 7.30. The van der Waals surface area contributed by atoms with E-state index in [0.29, 0.717) is 6.61 Å².